The van der Waals surface area contributed by atoms with Crippen molar-refractivity contribution in [3.05, 3.63) is 29.3 Å². The van der Waals surface area contributed by atoms with Gasteiger partial charge in [0.25, 0.3) is 0 Å². The summed E-state index contributed by atoms with van der Waals surface area (Å²) in [5.74, 6) is 1.92. The summed E-state index contributed by atoms with van der Waals surface area (Å²) in [5.41, 5.74) is 2.38. The molecule has 1 unspecified atom stereocenters. The van der Waals surface area contributed by atoms with Crippen molar-refractivity contribution in [2.75, 3.05) is 7.11 Å². The molecule has 1 atom stereocenters. The van der Waals surface area contributed by atoms with Crippen LogP contribution in [0, 0.1) is 17.2 Å². The maximum atomic E-state index is 9.61. The molecule has 1 aliphatic carbocycles. The van der Waals surface area contributed by atoms with E-state index in [1.54, 1.807) is 7.11 Å². The van der Waals surface area contributed by atoms with E-state index in [9.17, 15) is 5.26 Å². The van der Waals surface area contributed by atoms with Crippen molar-refractivity contribution in [3.63, 3.8) is 0 Å². The van der Waals surface area contributed by atoms with Crippen LogP contribution >= 0.6 is 0 Å². The van der Waals surface area contributed by atoms with E-state index < -0.39 is 0 Å². The summed E-state index contributed by atoms with van der Waals surface area (Å²) in [6.45, 7) is 4.34. The van der Waals surface area contributed by atoms with E-state index in [-0.39, 0.29) is 5.92 Å². The van der Waals surface area contributed by atoms with Gasteiger partial charge in [-0.15, -0.1) is 0 Å². The Hall–Kier alpha value is -1.49. The predicted octanol–water partition coefficient (Wildman–Crippen LogP) is 5.01. The molecule has 1 saturated carbocycles. The Balaban J connectivity index is 2.30. The first kappa shape index (κ1) is 14.9. The second kappa shape index (κ2) is 6.79. The number of nitrogens with zero attached hydrogens (tertiary/aromatic N) is 1. The van der Waals surface area contributed by atoms with Crippen molar-refractivity contribution in [1.82, 2.24) is 0 Å². The molecule has 2 heteroatoms. The summed E-state index contributed by atoms with van der Waals surface area (Å²) in [5, 5.41) is 9.61. The van der Waals surface area contributed by atoms with Gasteiger partial charge in [0, 0.05) is 0 Å². The van der Waals surface area contributed by atoms with Gasteiger partial charge in [-0.05, 0) is 41.9 Å². The molecular formula is C18H25NO. The van der Waals surface area contributed by atoms with Crippen molar-refractivity contribution < 1.29 is 4.74 Å². The Morgan fingerprint density at radius 2 is 1.90 bits per heavy atom. The lowest BCUT2D eigenvalue weighted by atomic mass is 9.77. The minimum Gasteiger partial charge on any atom is -0.496 e. The molecule has 0 spiro atoms. The van der Waals surface area contributed by atoms with Crippen LogP contribution in [0.3, 0.4) is 0 Å². The third-order valence-electron chi connectivity index (χ3n) is 4.50. The van der Waals surface area contributed by atoms with Gasteiger partial charge in [0.05, 0.1) is 19.1 Å². The highest BCUT2D eigenvalue weighted by Crippen LogP contribution is 2.38. The van der Waals surface area contributed by atoms with Crippen molar-refractivity contribution in [2.45, 2.75) is 57.8 Å². The number of benzene rings is 1. The van der Waals surface area contributed by atoms with Gasteiger partial charge in [0.2, 0.25) is 0 Å². The molecule has 0 N–H and O–H groups in total. The van der Waals surface area contributed by atoms with Crippen LogP contribution in [-0.2, 0) is 0 Å². The highest BCUT2D eigenvalue weighted by molar-refractivity contribution is 5.42. The van der Waals surface area contributed by atoms with Gasteiger partial charge in [-0.3, -0.25) is 0 Å². The van der Waals surface area contributed by atoms with Crippen molar-refractivity contribution in [1.29, 1.82) is 5.26 Å². The first-order valence-corrected chi connectivity index (χ1v) is 7.74. The summed E-state index contributed by atoms with van der Waals surface area (Å²) < 4.78 is 5.44. The third-order valence-corrected chi connectivity index (χ3v) is 4.50. The molecule has 1 aromatic carbocycles. The number of rotatable bonds is 4. The molecule has 0 saturated heterocycles. The first-order valence-electron chi connectivity index (χ1n) is 7.74. The molecule has 1 fully saturated rings. The highest BCUT2D eigenvalue weighted by atomic mass is 16.5. The van der Waals surface area contributed by atoms with Crippen LogP contribution in [0.5, 0.6) is 5.75 Å². The van der Waals surface area contributed by atoms with Gasteiger partial charge in [0.1, 0.15) is 5.75 Å². The van der Waals surface area contributed by atoms with Gasteiger partial charge in [0.15, 0.2) is 0 Å². The van der Waals surface area contributed by atoms with Crippen molar-refractivity contribution in [3.8, 4) is 11.8 Å². The molecule has 1 aromatic rings. The standard InChI is InChI=1S/C18H25NO/c1-13(2)16-11-15(9-10-18(16)20-3)17(12-19)14-7-5-4-6-8-14/h9-11,13-14,17H,4-8H2,1-3H3. The monoisotopic (exact) mass is 271 g/mol. The summed E-state index contributed by atoms with van der Waals surface area (Å²) in [6.07, 6.45) is 6.27. The van der Waals surface area contributed by atoms with Gasteiger partial charge in [-0.1, -0.05) is 45.2 Å². The Morgan fingerprint density at radius 1 is 1.20 bits per heavy atom. The van der Waals surface area contributed by atoms with E-state index in [2.05, 4.69) is 32.0 Å². The fourth-order valence-corrected chi connectivity index (χ4v) is 3.32. The summed E-state index contributed by atoms with van der Waals surface area (Å²) in [7, 11) is 1.71. The second-order valence-electron chi connectivity index (χ2n) is 6.16. The lowest BCUT2D eigenvalue weighted by Crippen LogP contribution is -2.15. The van der Waals surface area contributed by atoms with E-state index in [4.69, 9.17) is 4.74 Å². The van der Waals surface area contributed by atoms with E-state index in [1.807, 2.05) is 6.07 Å². The average molecular weight is 271 g/mol. The van der Waals surface area contributed by atoms with E-state index in [0.29, 0.717) is 11.8 Å². The van der Waals surface area contributed by atoms with Crippen molar-refractivity contribution >= 4 is 0 Å². The summed E-state index contributed by atoms with van der Waals surface area (Å²) in [6, 6.07) is 8.84. The lowest BCUT2D eigenvalue weighted by Gasteiger charge is -2.26. The smallest absolute Gasteiger partial charge is 0.122 e. The largest absolute Gasteiger partial charge is 0.496 e. The fourth-order valence-electron chi connectivity index (χ4n) is 3.32. The lowest BCUT2D eigenvalue weighted by molar-refractivity contribution is 0.335. The minimum absolute atomic E-state index is 0.0405. The predicted molar refractivity (Wildman–Crippen MR) is 82.0 cm³/mol. The van der Waals surface area contributed by atoms with Gasteiger partial charge in [-0.25, -0.2) is 0 Å². The molecule has 0 aromatic heterocycles. The average Bonchev–Trinajstić information content (AvgIpc) is 2.49. The minimum atomic E-state index is 0.0405. The molecular weight excluding hydrogens is 246 g/mol. The number of hydrogen-bond donors (Lipinski definition) is 0. The molecule has 20 heavy (non-hydrogen) atoms. The van der Waals surface area contributed by atoms with Crippen LogP contribution in [0.25, 0.3) is 0 Å². The molecule has 0 radical (unpaired) electrons. The van der Waals surface area contributed by atoms with Crippen LogP contribution in [0.15, 0.2) is 18.2 Å². The number of ether oxygens (including phenoxy) is 1. The molecule has 0 aliphatic heterocycles. The van der Waals surface area contributed by atoms with Crippen LogP contribution < -0.4 is 4.74 Å². The van der Waals surface area contributed by atoms with Gasteiger partial charge in [-0.2, -0.15) is 5.26 Å². The van der Waals surface area contributed by atoms with Crippen LogP contribution in [0.4, 0.5) is 0 Å². The number of methoxy groups -OCH3 is 1. The maximum Gasteiger partial charge on any atom is 0.122 e. The van der Waals surface area contributed by atoms with Crippen LogP contribution in [0.1, 0.15) is 68.9 Å². The Bertz CT molecular complexity index is 481. The molecule has 0 amide bonds. The second-order valence-corrected chi connectivity index (χ2v) is 6.16. The first-order chi connectivity index (χ1) is 9.67. The Labute approximate surface area is 122 Å². The molecule has 2 nitrogen and oxygen atoms in total. The molecule has 0 bridgehead atoms. The van der Waals surface area contributed by atoms with Crippen LogP contribution in [0.2, 0.25) is 0 Å². The molecule has 0 heterocycles. The number of hydrogen-bond acceptors (Lipinski definition) is 2. The quantitative estimate of drug-likeness (QED) is 0.771. The molecule has 1 aliphatic rings. The fraction of sp³-hybridized carbons (Fsp3) is 0.611. The number of nitriles is 1. The van der Waals surface area contributed by atoms with Crippen molar-refractivity contribution in [2.24, 2.45) is 5.92 Å². The van der Waals surface area contributed by atoms with E-state index in [0.717, 1.165) is 5.75 Å². The van der Waals surface area contributed by atoms with E-state index in [1.165, 1.54) is 43.2 Å². The summed E-state index contributed by atoms with van der Waals surface area (Å²) >= 11 is 0. The van der Waals surface area contributed by atoms with E-state index >= 15 is 0 Å². The molecule has 2 rings (SSSR count). The Morgan fingerprint density at radius 3 is 2.45 bits per heavy atom. The van der Waals surface area contributed by atoms with Crippen LogP contribution in [-0.4, -0.2) is 7.11 Å². The van der Waals surface area contributed by atoms with Gasteiger partial charge < -0.3 is 4.74 Å². The zero-order valence-electron chi connectivity index (χ0n) is 12.9. The highest BCUT2D eigenvalue weighted by Gasteiger charge is 2.25. The van der Waals surface area contributed by atoms with Gasteiger partial charge >= 0.3 is 0 Å². The topological polar surface area (TPSA) is 33.0 Å². The molecule has 108 valence electrons. The summed E-state index contributed by atoms with van der Waals surface area (Å²) in [4.78, 5) is 0. The zero-order chi connectivity index (χ0) is 14.5. The zero-order valence-corrected chi connectivity index (χ0v) is 12.9. The Kier molecular flexibility index (Phi) is 5.06. The normalized spacial score (nSPS) is 17.8. The maximum absolute atomic E-state index is 9.61. The third kappa shape index (κ3) is 3.15. The SMILES string of the molecule is COc1ccc(C(C#N)C2CCCCC2)cc1C(C)C.